The van der Waals surface area contributed by atoms with Crippen molar-refractivity contribution in [2.45, 2.75) is 13.5 Å². The second-order valence-electron chi connectivity index (χ2n) is 7.40. The number of rotatable bonds is 3. The van der Waals surface area contributed by atoms with Gasteiger partial charge in [-0.2, -0.15) is 5.26 Å². The summed E-state index contributed by atoms with van der Waals surface area (Å²) in [7, 11) is 0. The van der Waals surface area contributed by atoms with E-state index in [1.54, 1.807) is 0 Å². The molecule has 0 amide bonds. The number of aromatic nitrogens is 2. The average molecular weight is 373 g/mol. The summed E-state index contributed by atoms with van der Waals surface area (Å²) < 4.78 is 2.17. The van der Waals surface area contributed by atoms with Gasteiger partial charge in [0.25, 0.3) is 0 Å². The number of hydrogen-bond acceptors (Lipinski definition) is 2. The molecule has 4 aromatic carbocycles. The number of aryl methyl sites for hydroxylation is 1. The van der Waals surface area contributed by atoms with Gasteiger partial charge >= 0.3 is 0 Å². The van der Waals surface area contributed by atoms with Crippen molar-refractivity contribution < 1.29 is 0 Å². The second-order valence-corrected chi connectivity index (χ2v) is 7.40. The number of nitriles is 1. The van der Waals surface area contributed by atoms with Gasteiger partial charge in [-0.3, -0.25) is 0 Å². The Morgan fingerprint density at radius 2 is 1.76 bits per heavy atom. The first-order chi connectivity index (χ1) is 14.2. The lowest BCUT2D eigenvalue weighted by atomic mass is 10.0. The lowest BCUT2D eigenvalue weighted by molar-refractivity contribution is 0.826. The molecule has 0 fully saturated rings. The van der Waals surface area contributed by atoms with E-state index in [4.69, 9.17) is 5.26 Å². The number of hydrogen-bond donors (Lipinski definition) is 0. The molecule has 0 aliphatic heterocycles. The standard InChI is InChI=1S/C26H19N3/c1-18-4-2-3-5-24(18)22-10-11-26-25(14-22)28-17-29(26)16-20-7-9-21-8-6-19(15-27)12-23(21)13-20/h2-14,17H,16H2,1H3. The zero-order valence-electron chi connectivity index (χ0n) is 16.1. The van der Waals surface area contributed by atoms with Crippen LogP contribution in [0.15, 0.2) is 85.2 Å². The van der Waals surface area contributed by atoms with Gasteiger partial charge < -0.3 is 4.57 Å². The fraction of sp³-hybridized carbons (Fsp3) is 0.0769. The normalized spacial score (nSPS) is 11.0. The fourth-order valence-electron chi connectivity index (χ4n) is 3.91. The minimum Gasteiger partial charge on any atom is -0.326 e. The molecule has 29 heavy (non-hydrogen) atoms. The topological polar surface area (TPSA) is 41.6 Å². The quantitative estimate of drug-likeness (QED) is 0.384. The van der Waals surface area contributed by atoms with Crippen LogP contribution in [0.3, 0.4) is 0 Å². The molecule has 3 nitrogen and oxygen atoms in total. The van der Waals surface area contributed by atoms with Gasteiger partial charge in [0, 0.05) is 6.54 Å². The molecule has 0 spiro atoms. The summed E-state index contributed by atoms with van der Waals surface area (Å²) in [5.74, 6) is 0. The molecule has 5 aromatic rings. The van der Waals surface area contributed by atoms with E-state index in [0.717, 1.165) is 28.4 Å². The summed E-state index contributed by atoms with van der Waals surface area (Å²) in [5, 5.41) is 11.4. The van der Waals surface area contributed by atoms with Crippen molar-refractivity contribution in [1.29, 1.82) is 5.26 Å². The summed E-state index contributed by atoms with van der Waals surface area (Å²) in [6.45, 7) is 2.88. The van der Waals surface area contributed by atoms with Gasteiger partial charge in [-0.25, -0.2) is 4.98 Å². The highest BCUT2D eigenvalue weighted by atomic mass is 15.0. The van der Waals surface area contributed by atoms with Crippen LogP contribution in [0.2, 0.25) is 0 Å². The minimum atomic E-state index is 0.687. The number of fused-ring (bicyclic) bond motifs is 2. The third kappa shape index (κ3) is 3.15. The molecule has 0 saturated carbocycles. The van der Waals surface area contributed by atoms with Crippen LogP contribution in [-0.2, 0) is 6.54 Å². The van der Waals surface area contributed by atoms with Crippen molar-refractivity contribution in [1.82, 2.24) is 9.55 Å². The van der Waals surface area contributed by atoms with Gasteiger partial charge in [0.2, 0.25) is 0 Å². The third-order valence-corrected chi connectivity index (χ3v) is 5.46. The molecular formula is C26H19N3. The maximum absolute atomic E-state index is 9.15. The minimum absolute atomic E-state index is 0.687. The van der Waals surface area contributed by atoms with Crippen molar-refractivity contribution in [3.8, 4) is 17.2 Å². The Morgan fingerprint density at radius 3 is 2.62 bits per heavy atom. The summed E-state index contributed by atoms with van der Waals surface area (Å²) in [6, 6.07) is 29.3. The van der Waals surface area contributed by atoms with E-state index < -0.39 is 0 Å². The molecule has 1 heterocycles. The molecule has 0 atom stereocenters. The van der Waals surface area contributed by atoms with Crippen LogP contribution < -0.4 is 0 Å². The monoisotopic (exact) mass is 373 g/mol. The molecule has 138 valence electrons. The smallest absolute Gasteiger partial charge is 0.0991 e. The van der Waals surface area contributed by atoms with Crippen molar-refractivity contribution in [2.24, 2.45) is 0 Å². The van der Waals surface area contributed by atoms with E-state index >= 15 is 0 Å². The van der Waals surface area contributed by atoms with Gasteiger partial charge in [-0.05, 0) is 70.3 Å². The Hall–Kier alpha value is -3.90. The molecule has 0 radical (unpaired) electrons. The predicted molar refractivity (Wildman–Crippen MR) is 118 cm³/mol. The van der Waals surface area contributed by atoms with Crippen molar-refractivity contribution in [2.75, 3.05) is 0 Å². The number of nitrogens with zero attached hydrogens (tertiary/aromatic N) is 3. The Morgan fingerprint density at radius 1 is 0.897 bits per heavy atom. The van der Waals surface area contributed by atoms with E-state index in [1.165, 1.54) is 22.3 Å². The maximum atomic E-state index is 9.15. The lowest BCUT2D eigenvalue weighted by Gasteiger charge is -2.08. The molecule has 0 aliphatic rings. The summed E-state index contributed by atoms with van der Waals surface area (Å²) >= 11 is 0. The highest BCUT2D eigenvalue weighted by Crippen LogP contribution is 2.27. The third-order valence-electron chi connectivity index (χ3n) is 5.46. The zero-order valence-corrected chi connectivity index (χ0v) is 16.1. The molecule has 0 bridgehead atoms. The molecule has 1 aromatic heterocycles. The van der Waals surface area contributed by atoms with Gasteiger partial charge in [0.15, 0.2) is 0 Å². The molecule has 0 N–H and O–H groups in total. The van der Waals surface area contributed by atoms with E-state index in [9.17, 15) is 0 Å². The SMILES string of the molecule is Cc1ccccc1-c1ccc2c(c1)ncn2Cc1ccc2ccc(C#N)cc2c1. The van der Waals surface area contributed by atoms with E-state index in [0.29, 0.717) is 5.56 Å². The molecular weight excluding hydrogens is 354 g/mol. The van der Waals surface area contributed by atoms with Crippen LogP contribution >= 0.6 is 0 Å². The zero-order chi connectivity index (χ0) is 19.8. The van der Waals surface area contributed by atoms with Crippen molar-refractivity contribution in [3.63, 3.8) is 0 Å². The average Bonchev–Trinajstić information content (AvgIpc) is 3.15. The summed E-state index contributed by atoms with van der Waals surface area (Å²) in [5.41, 5.74) is 7.69. The molecule has 0 saturated heterocycles. The van der Waals surface area contributed by atoms with Gasteiger partial charge in [-0.15, -0.1) is 0 Å². The Labute approximate surface area is 169 Å². The van der Waals surface area contributed by atoms with Crippen LogP contribution in [0.5, 0.6) is 0 Å². The first-order valence-corrected chi connectivity index (χ1v) is 9.65. The molecule has 3 heteroatoms. The lowest BCUT2D eigenvalue weighted by Crippen LogP contribution is -1.98. The predicted octanol–water partition coefficient (Wildman–Crippen LogP) is 6.08. The van der Waals surface area contributed by atoms with Crippen LogP contribution in [0, 0.1) is 18.3 Å². The maximum Gasteiger partial charge on any atom is 0.0991 e. The highest BCUT2D eigenvalue weighted by Gasteiger charge is 2.08. The van der Waals surface area contributed by atoms with Crippen LogP contribution in [0.1, 0.15) is 16.7 Å². The van der Waals surface area contributed by atoms with Crippen LogP contribution in [0.25, 0.3) is 32.9 Å². The first-order valence-electron chi connectivity index (χ1n) is 9.65. The number of benzene rings is 4. The molecule has 0 aliphatic carbocycles. The van der Waals surface area contributed by atoms with Crippen molar-refractivity contribution in [3.05, 3.63) is 102 Å². The summed E-state index contributed by atoms with van der Waals surface area (Å²) in [4.78, 5) is 4.64. The molecule has 0 unspecified atom stereocenters. The Bertz CT molecular complexity index is 1400. The second kappa shape index (κ2) is 6.92. The summed E-state index contributed by atoms with van der Waals surface area (Å²) in [6.07, 6.45) is 1.90. The van der Waals surface area contributed by atoms with Gasteiger partial charge in [0.1, 0.15) is 0 Å². The van der Waals surface area contributed by atoms with Gasteiger partial charge in [0.05, 0.1) is 29.0 Å². The van der Waals surface area contributed by atoms with E-state index in [-0.39, 0.29) is 0 Å². The number of imidazole rings is 1. The Kier molecular flexibility index (Phi) is 4.11. The fourth-order valence-corrected chi connectivity index (χ4v) is 3.91. The largest absolute Gasteiger partial charge is 0.326 e. The van der Waals surface area contributed by atoms with E-state index in [1.807, 2.05) is 24.5 Å². The van der Waals surface area contributed by atoms with Crippen LogP contribution in [-0.4, -0.2) is 9.55 Å². The molecule has 5 rings (SSSR count). The van der Waals surface area contributed by atoms with Gasteiger partial charge in [-0.1, -0.05) is 48.5 Å². The highest BCUT2D eigenvalue weighted by molar-refractivity contribution is 5.85. The van der Waals surface area contributed by atoms with Crippen molar-refractivity contribution >= 4 is 21.8 Å². The Balaban J connectivity index is 1.50. The van der Waals surface area contributed by atoms with Crippen LogP contribution in [0.4, 0.5) is 0 Å². The first kappa shape index (κ1) is 17.2. The van der Waals surface area contributed by atoms with E-state index in [2.05, 4.69) is 83.2 Å².